The summed E-state index contributed by atoms with van der Waals surface area (Å²) in [7, 11) is 0. The fourth-order valence-corrected chi connectivity index (χ4v) is 4.60. The Labute approximate surface area is 199 Å². The van der Waals surface area contributed by atoms with Gasteiger partial charge in [0.25, 0.3) is 5.56 Å². The molecule has 2 heterocycles. The lowest BCUT2D eigenvalue weighted by molar-refractivity contribution is -0.138. The second kappa shape index (κ2) is 9.68. The molecule has 170 valence electrons. The van der Waals surface area contributed by atoms with Crippen molar-refractivity contribution in [2.75, 3.05) is 18.9 Å². The van der Waals surface area contributed by atoms with Crippen LogP contribution in [-0.2, 0) is 9.53 Å². The summed E-state index contributed by atoms with van der Waals surface area (Å²) in [6.07, 6.45) is 0. The molecular weight excluding hydrogens is 464 g/mol. The van der Waals surface area contributed by atoms with Crippen LogP contribution >= 0.6 is 23.4 Å². The number of hydrogen-bond acceptors (Lipinski definition) is 6. The van der Waals surface area contributed by atoms with Crippen molar-refractivity contribution in [1.82, 2.24) is 20.2 Å². The van der Waals surface area contributed by atoms with E-state index >= 15 is 0 Å². The van der Waals surface area contributed by atoms with Crippen molar-refractivity contribution >= 4 is 46.3 Å². The third-order valence-electron chi connectivity index (χ3n) is 4.98. The topological polar surface area (TPSA) is 102 Å². The first-order valence-corrected chi connectivity index (χ1v) is 11.6. The highest BCUT2D eigenvalue weighted by Gasteiger charge is 2.24. The van der Waals surface area contributed by atoms with Crippen molar-refractivity contribution in [3.05, 3.63) is 74.7 Å². The summed E-state index contributed by atoms with van der Waals surface area (Å²) in [6, 6.07) is 12.1. The van der Waals surface area contributed by atoms with Gasteiger partial charge in [-0.3, -0.25) is 9.36 Å². The number of ether oxygens (including phenoxy) is 1. The number of aryl methyl sites for hydroxylation is 1. The average Bonchev–Trinajstić information content (AvgIpc) is 2.77. The van der Waals surface area contributed by atoms with Gasteiger partial charge in [0.1, 0.15) is 0 Å². The van der Waals surface area contributed by atoms with Gasteiger partial charge in [-0.05, 0) is 49.7 Å². The first-order valence-electron chi connectivity index (χ1n) is 10.2. The van der Waals surface area contributed by atoms with Crippen LogP contribution in [-0.4, -0.2) is 40.5 Å². The Morgan fingerprint density at radius 2 is 2.06 bits per heavy atom. The average molecular weight is 485 g/mol. The number of nitrogens with zero attached hydrogens (tertiary/aromatic N) is 2. The van der Waals surface area contributed by atoms with E-state index in [2.05, 4.69) is 15.6 Å². The maximum Gasteiger partial charge on any atom is 0.337 e. The molecule has 0 saturated heterocycles. The van der Waals surface area contributed by atoms with Crippen LogP contribution in [0.2, 0.25) is 5.02 Å². The minimum atomic E-state index is -0.505. The van der Waals surface area contributed by atoms with Gasteiger partial charge < -0.3 is 15.4 Å². The Bertz CT molecular complexity index is 1350. The van der Waals surface area contributed by atoms with E-state index in [-0.39, 0.29) is 24.5 Å². The number of rotatable bonds is 6. The minimum absolute atomic E-state index is 0.0615. The van der Waals surface area contributed by atoms with Gasteiger partial charge in [-0.2, -0.15) is 0 Å². The number of aromatic nitrogens is 2. The smallest absolute Gasteiger partial charge is 0.337 e. The fourth-order valence-electron chi connectivity index (χ4n) is 3.44. The van der Waals surface area contributed by atoms with Gasteiger partial charge in [0.2, 0.25) is 0 Å². The third kappa shape index (κ3) is 4.89. The van der Waals surface area contributed by atoms with Crippen LogP contribution in [0, 0.1) is 6.92 Å². The first-order chi connectivity index (χ1) is 15.9. The molecule has 0 aliphatic carbocycles. The zero-order valence-corrected chi connectivity index (χ0v) is 19.5. The predicted molar refractivity (Wildman–Crippen MR) is 128 cm³/mol. The molecule has 1 aliphatic heterocycles. The lowest BCUT2D eigenvalue weighted by atomic mass is 10.2. The van der Waals surface area contributed by atoms with Crippen molar-refractivity contribution in [3.8, 4) is 5.69 Å². The van der Waals surface area contributed by atoms with E-state index in [9.17, 15) is 14.4 Å². The molecule has 0 saturated carbocycles. The van der Waals surface area contributed by atoms with E-state index in [1.54, 1.807) is 25.1 Å². The second-order valence-corrected chi connectivity index (χ2v) is 8.69. The molecule has 10 heteroatoms. The number of fused-ring (bicyclic) bond motifs is 1. The van der Waals surface area contributed by atoms with E-state index < -0.39 is 12.0 Å². The van der Waals surface area contributed by atoms with Crippen molar-refractivity contribution in [3.63, 3.8) is 0 Å². The highest BCUT2D eigenvalue weighted by Crippen LogP contribution is 2.25. The Morgan fingerprint density at radius 1 is 1.24 bits per heavy atom. The highest BCUT2D eigenvalue weighted by atomic mass is 35.5. The molecule has 2 amide bonds. The van der Waals surface area contributed by atoms with Crippen LogP contribution < -0.4 is 16.2 Å². The number of hydrogen-bond donors (Lipinski definition) is 2. The molecule has 0 atom stereocenters. The van der Waals surface area contributed by atoms with E-state index in [0.29, 0.717) is 38.0 Å². The Kier molecular flexibility index (Phi) is 6.71. The maximum atomic E-state index is 13.4. The molecule has 0 radical (unpaired) electrons. The largest absolute Gasteiger partial charge is 0.463 e. The molecular formula is C23H21ClN4O4S. The molecule has 0 unspecified atom stereocenters. The van der Waals surface area contributed by atoms with E-state index in [1.165, 1.54) is 16.3 Å². The van der Waals surface area contributed by atoms with E-state index in [1.807, 2.05) is 31.2 Å². The van der Waals surface area contributed by atoms with E-state index in [0.717, 1.165) is 5.56 Å². The lowest BCUT2D eigenvalue weighted by Gasteiger charge is -2.21. The van der Waals surface area contributed by atoms with Gasteiger partial charge in [0, 0.05) is 16.5 Å². The summed E-state index contributed by atoms with van der Waals surface area (Å²) in [4.78, 5) is 42.4. The zero-order valence-electron chi connectivity index (χ0n) is 18.0. The summed E-state index contributed by atoms with van der Waals surface area (Å²) in [6.45, 7) is 3.94. The van der Waals surface area contributed by atoms with Crippen molar-refractivity contribution < 1.29 is 14.3 Å². The van der Waals surface area contributed by atoms with Gasteiger partial charge in [0.05, 0.1) is 35.3 Å². The SMILES string of the molecule is CCOC(=O)C1=C(CSc2nc3cc(Cl)ccc3c(=O)n2-c2cccc(C)c2)NC(=O)NC1. The van der Waals surface area contributed by atoms with Gasteiger partial charge in [-0.25, -0.2) is 14.6 Å². The molecule has 0 bridgehead atoms. The Morgan fingerprint density at radius 3 is 2.82 bits per heavy atom. The summed E-state index contributed by atoms with van der Waals surface area (Å²) < 4.78 is 6.64. The van der Waals surface area contributed by atoms with Gasteiger partial charge >= 0.3 is 12.0 Å². The number of carbonyl (C=O) groups excluding carboxylic acids is 2. The molecule has 4 rings (SSSR count). The molecule has 2 N–H and O–H groups in total. The molecule has 0 spiro atoms. The van der Waals surface area contributed by atoms with E-state index in [4.69, 9.17) is 16.3 Å². The third-order valence-corrected chi connectivity index (χ3v) is 6.18. The van der Waals surface area contributed by atoms with Crippen molar-refractivity contribution in [1.29, 1.82) is 0 Å². The standard InChI is InChI=1S/C23H21ClN4O4S/c1-3-32-21(30)17-11-25-22(31)26-19(17)12-33-23-27-18-10-14(24)7-8-16(18)20(29)28(23)15-6-4-5-13(2)9-15/h4-10H,3,11-12H2,1-2H3,(H2,25,26,31). The van der Waals surface area contributed by atoms with Crippen LogP contribution in [0.5, 0.6) is 0 Å². The molecule has 0 fully saturated rings. The summed E-state index contributed by atoms with van der Waals surface area (Å²) in [5.41, 5.74) is 2.63. The number of amides is 2. The summed E-state index contributed by atoms with van der Waals surface area (Å²) in [5.74, 6) is -0.304. The van der Waals surface area contributed by atoms with Crippen LogP contribution in [0.25, 0.3) is 16.6 Å². The summed E-state index contributed by atoms with van der Waals surface area (Å²) in [5, 5.41) is 6.57. The van der Waals surface area contributed by atoms with Gasteiger partial charge in [0.15, 0.2) is 5.16 Å². The van der Waals surface area contributed by atoms with Crippen molar-refractivity contribution in [2.24, 2.45) is 0 Å². The van der Waals surface area contributed by atoms with Gasteiger partial charge in [-0.1, -0.05) is 35.5 Å². The van der Waals surface area contributed by atoms with Crippen LogP contribution in [0.1, 0.15) is 12.5 Å². The molecule has 1 aliphatic rings. The van der Waals surface area contributed by atoms with Gasteiger partial charge in [-0.15, -0.1) is 0 Å². The number of benzene rings is 2. The molecule has 1 aromatic heterocycles. The monoisotopic (exact) mass is 484 g/mol. The Hall–Kier alpha value is -3.30. The number of urea groups is 1. The molecule has 8 nitrogen and oxygen atoms in total. The number of thioether (sulfide) groups is 1. The quantitative estimate of drug-likeness (QED) is 0.315. The first kappa shape index (κ1) is 22.9. The summed E-state index contributed by atoms with van der Waals surface area (Å²) >= 11 is 7.36. The minimum Gasteiger partial charge on any atom is -0.463 e. The van der Waals surface area contributed by atoms with Crippen LogP contribution in [0.15, 0.2) is 63.7 Å². The number of esters is 1. The fraction of sp³-hybridized carbons (Fsp3) is 0.217. The second-order valence-electron chi connectivity index (χ2n) is 7.31. The zero-order chi connectivity index (χ0) is 23.5. The highest BCUT2D eigenvalue weighted by molar-refractivity contribution is 7.99. The Balaban J connectivity index is 1.80. The predicted octanol–water partition coefficient (Wildman–Crippen LogP) is 3.57. The molecule has 3 aromatic rings. The lowest BCUT2D eigenvalue weighted by Crippen LogP contribution is -2.44. The molecule has 33 heavy (non-hydrogen) atoms. The number of halogens is 1. The van der Waals surface area contributed by atoms with Crippen molar-refractivity contribution in [2.45, 2.75) is 19.0 Å². The van der Waals surface area contributed by atoms with Crippen LogP contribution in [0.3, 0.4) is 0 Å². The van der Waals surface area contributed by atoms with Crippen LogP contribution in [0.4, 0.5) is 4.79 Å². The number of carbonyl (C=O) groups is 2. The maximum absolute atomic E-state index is 13.4. The molecule has 2 aromatic carbocycles. The normalized spacial score (nSPS) is 13.6. The number of nitrogens with one attached hydrogen (secondary N) is 2.